The van der Waals surface area contributed by atoms with Crippen LogP contribution in [-0.4, -0.2) is 19.0 Å². The van der Waals surface area contributed by atoms with Crippen LogP contribution in [0.15, 0.2) is 18.2 Å². The molecule has 1 aliphatic heterocycles. The number of carbonyl (C=O) groups excluding carboxylic acids is 1. The highest BCUT2D eigenvalue weighted by Crippen LogP contribution is 2.26. The van der Waals surface area contributed by atoms with Crippen LogP contribution in [0.4, 0.5) is 5.69 Å². The minimum Gasteiger partial charge on any atom is -0.325 e. The van der Waals surface area contributed by atoms with Crippen LogP contribution in [0.5, 0.6) is 0 Å². The average Bonchev–Trinajstić information content (AvgIpc) is 2.76. The maximum atomic E-state index is 11.8. The number of anilines is 1. The summed E-state index contributed by atoms with van der Waals surface area (Å²) in [5.74, 6) is 0.413. The molecule has 1 aliphatic rings. The molecule has 5 heteroatoms. The molecule has 0 aromatic heterocycles. The first kappa shape index (κ1) is 12.7. The Bertz CT molecular complexity index is 417. The summed E-state index contributed by atoms with van der Waals surface area (Å²) in [5, 5.41) is 7.10. The van der Waals surface area contributed by atoms with E-state index in [1.807, 2.05) is 0 Å². The number of amides is 1. The number of rotatable bonds is 3. The van der Waals surface area contributed by atoms with Gasteiger partial charge in [-0.3, -0.25) is 4.79 Å². The molecular weight excluding hydrogens is 259 g/mol. The fourth-order valence-corrected chi connectivity index (χ4v) is 2.28. The van der Waals surface area contributed by atoms with Gasteiger partial charge in [0.05, 0.1) is 10.7 Å². The number of benzene rings is 1. The monoisotopic (exact) mass is 272 g/mol. The third-order valence-electron chi connectivity index (χ3n) is 2.84. The summed E-state index contributed by atoms with van der Waals surface area (Å²) in [5.41, 5.74) is 0.579. The number of hydrogen-bond donors (Lipinski definition) is 2. The minimum atomic E-state index is -0.0112. The van der Waals surface area contributed by atoms with Crippen LogP contribution in [0.3, 0.4) is 0 Å². The van der Waals surface area contributed by atoms with Gasteiger partial charge in [-0.25, -0.2) is 0 Å². The first-order valence-electron chi connectivity index (χ1n) is 5.61. The van der Waals surface area contributed by atoms with Gasteiger partial charge in [0, 0.05) is 11.4 Å². The van der Waals surface area contributed by atoms with Gasteiger partial charge in [-0.05, 0) is 43.6 Å². The van der Waals surface area contributed by atoms with Crippen LogP contribution < -0.4 is 10.6 Å². The fourth-order valence-electron chi connectivity index (χ4n) is 1.95. The Morgan fingerprint density at radius 3 is 3.00 bits per heavy atom. The van der Waals surface area contributed by atoms with Crippen molar-refractivity contribution in [1.82, 2.24) is 5.32 Å². The van der Waals surface area contributed by atoms with Gasteiger partial charge in [0.1, 0.15) is 0 Å². The molecule has 0 spiro atoms. The Kier molecular flexibility index (Phi) is 4.26. The summed E-state index contributed by atoms with van der Waals surface area (Å²) in [6.07, 6.45) is 1.58. The van der Waals surface area contributed by atoms with E-state index >= 15 is 0 Å². The van der Waals surface area contributed by atoms with Gasteiger partial charge in [-0.2, -0.15) is 0 Å². The normalized spacial score (nSPS) is 19.3. The molecule has 1 saturated heterocycles. The van der Waals surface area contributed by atoms with Crippen LogP contribution in [0.25, 0.3) is 0 Å². The van der Waals surface area contributed by atoms with Gasteiger partial charge in [-0.1, -0.05) is 23.2 Å². The Hall–Kier alpha value is -0.770. The van der Waals surface area contributed by atoms with Crippen molar-refractivity contribution in [2.24, 2.45) is 5.92 Å². The van der Waals surface area contributed by atoms with Crippen molar-refractivity contribution in [2.45, 2.75) is 12.8 Å². The third kappa shape index (κ3) is 3.60. The maximum Gasteiger partial charge on any atom is 0.224 e. The fraction of sp³-hybridized carbons (Fsp3) is 0.417. The molecule has 1 unspecified atom stereocenters. The van der Waals surface area contributed by atoms with Gasteiger partial charge in [-0.15, -0.1) is 0 Å². The van der Waals surface area contributed by atoms with Gasteiger partial charge in [0.25, 0.3) is 0 Å². The van der Waals surface area contributed by atoms with Crippen LogP contribution in [0.1, 0.15) is 12.8 Å². The molecule has 1 aromatic rings. The van der Waals surface area contributed by atoms with Crippen LogP contribution in [0.2, 0.25) is 10.0 Å². The van der Waals surface area contributed by atoms with Crippen LogP contribution in [-0.2, 0) is 4.79 Å². The summed E-state index contributed by atoms with van der Waals surface area (Å²) in [7, 11) is 0. The molecule has 3 nitrogen and oxygen atoms in total. The zero-order chi connectivity index (χ0) is 12.3. The molecule has 2 N–H and O–H groups in total. The predicted molar refractivity (Wildman–Crippen MR) is 70.7 cm³/mol. The summed E-state index contributed by atoms with van der Waals surface area (Å²) < 4.78 is 0. The molecule has 17 heavy (non-hydrogen) atoms. The van der Waals surface area contributed by atoms with Crippen molar-refractivity contribution >= 4 is 34.8 Å². The van der Waals surface area contributed by atoms with Gasteiger partial charge in [0.15, 0.2) is 0 Å². The summed E-state index contributed by atoms with van der Waals surface area (Å²) in [6.45, 7) is 1.91. The summed E-state index contributed by atoms with van der Waals surface area (Å²) >= 11 is 11.8. The molecule has 1 aromatic carbocycles. The van der Waals surface area contributed by atoms with Crippen molar-refractivity contribution in [1.29, 1.82) is 0 Å². The van der Waals surface area contributed by atoms with Gasteiger partial charge in [0.2, 0.25) is 5.91 Å². The van der Waals surface area contributed by atoms with E-state index in [9.17, 15) is 4.79 Å². The second-order valence-corrected chi connectivity index (χ2v) is 5.08. The summed E-state index contributed by atoms with van der Waals surface area (Å²) in [6, 6.07) is 5.03. The van der Waals surface area contributed by atoms with Crippen molar-refractivity contribution in [3.05, 3.63) is 28.2 Å². The minimum absolute atomic E-state index is 0.0112. The number of hydrogen-bond acceptors (Lipinski definition) is 2. The van der Waals surface area contributed by atoms with E-state index in [0.717, 1.165) is 19.5 Å². The quantitative estimate of drug-likeness (QED) is 0.889. The van der Waals surface area contributed by atoms with Crippen molar-refractivity contribution < 1.29 is 4.79 Å². The summed E-state index contributed by atoms with van der Waals surface area (Å²) in [4.78, 5) is 11.8. The highest BCUT2D eigenvalue weighted by atomic mass is 35.5. The third-order valence-corrected chi connectivity index (χ3v) is 3.40. The predicted octanol–water partition coefficient (Wildman–Crippen LogP) is 2.93. The number of carbonyl (C=O) groups is 1. The number of nitrogens with one attached hydrogen (secondary N) is 2. The topological polar surface area (TPSA) is 41.1 Å². The van der Waals surface area contributed by atoms with Crippen molar-refractivity contribution in [3.63, 3.8) is 0 Å². The first-order chi connectivity index (χ1) is 8.15. The molecule has 1 fully saturated rings. The largest absolute Gasteiger partial charge is 0.325 e. The molecule has 1 heterocycles. The first-order valence-corrected chi connectivity index (χ1v) is 6.36. The molecule has 92 valence electrons. The molecule has 0 radical (unpaired) electrons. The number of halogens is 2. The van der Waals surface area contributed by atoms with Gasteiger partial charge >= 0.3 is 0 Å². The average molecular weight is 273 g/mol. The van der Waals surface area contributed by atoms with E-state index in [0.29, 0.717) is 28.1 Å². The lowest BCUT2D eigenvalue weighted by atomic mass is 10.0. The molecular formula is C12H14Cl2N2O. The molecule has 0 saturated carbocycles. The van der Waals surface area contributed by atoms with Crippen molar-refractivity contribution in [2.75, 3.05) is 18.4 Å². The standard InChI is InChI=1S/C12H14Cl2N2O/c13-9-1-2-10(14)11(6-9)16-12(17)5-8-3-4-15-7-8/h1-2,6,8,15H,3-5,7H2,(H,16,17). The van der Waals surface area contributed by atoms with Crippen molar-refractivity contribution in [3.8, 4) is 0 Å². The molecule has 1 amide bonds. The lowest BCUT2D eigenvalue weighted by molar-refractivity contribution is -0.116. The Labute approximate surface area is 110 Å². The zero-order valence-electron chi connectivity index (χ0n) is 9.30. The Morgan fingerprint density at radius 2 is 2.29 bits per heavy atom. The van der Waals surface area contributed by atoms with Gasteiger partial charge < -0.3 is 10.6 Å². The Morgan fingerprint density at radius 1 is 1.47 bits per heavy atom. The van der Waals surface area contributed by atoms with E-state index in [1.54, 1.807) is 18.2 Å². The van der Waals surface area contributed by atoms with E-state index in [2.05, 4.69) is 10.6 Å². The van der Waals surface area contributed by atoms with Crippen LogP contribution in [0, 0.1) is 5.92 Å². The SMILES string of the molecule is O=C(CC1CCNC1)Nc1cc(Cl)ccc1Cl. The lowest BCUT2D eigenvalue weighted by Gasteiger charge is -2.10. The highest BCUT2D eigenvalue weighted by molar-refractivity contribution is 6.35. The Balaban J connectivity index is 1.95. The lowest BCUT2D eigenvalue weighted by Crippen LogP contribution is -2.18. The van der Waals surface area contributed by atoms with E-state index in [1.165, 1.54) is 0 Å². The van der Waals surface area contributed by atoms with E-state index in [4.69, 9.17) is 23.2 Å². The molecule has 1 atom stereocenters. The molecule has 0 bridgehead atoms. The molecule has 2 rings (SSSR count). The molecule has 0 aliphatic carbocycles. The van der Waals surface area contributed by atoms with E-state index < -0.39 is 0 Å². The second-order valence-electron chi connectivity index (χ2n) is 4.24. The highest BCUT2D eigenvalue weighted by Gasteiger charge is 2.18. The van der Waals surface area contributed by atoms with Crippen LogP contribution >= 0.6 is 23.2 Å². The van der Waals surface area contributed by atoms with E-state index in [-0.39, 0.29) is 5.91 Å². The maximum absolute atomic E-state index is 11.8. The smallest absolute Gasteiger partial charge is 0.224 e. The second kappa shape index (κ2) is 5.71. The zero-order valence-corrected chi connectivity index (χ0v) is 10.8.